The summed E-state index contributed by atoms with van der Waals surface area (Å²) in [7, 11) is -3.59. The summed E-state index contributed by atoms with van der Waals surface area (Å²) in [5.74, 6) is -0.906. The number of alkyl halides is 1. The molecule has 1 unspecified atom stereocenters. The molecule has 1 rings (SSSR count). The molecule has 6 nitrogen and oxygen atoms in total. The number of amides is 1. The van der Waals surface area contributed by atoms with Gasteiger partial charge in [0.05, 0.1) is 6.54 Å². The maximum Gasteiger partial charge on any atom is 0.250 e. The molecule has 1 fully saturated rings. The lowest BCUT2D eigenvalue weighted by molar-refractivity contribution is -0.139. The number of nitrogens with two attached hydrogens (primary N) is 1. The molecular weight excluding hydrogens is 244 g/mol. The molecule has 0 saturated carbocycles. The van der Waals surface area contributed by atoms with E-state index in [0.717, 1.165) is 4.31 Å². The van der Waals surface area contributed by atoms with Crippen LogP contribution >= 0.6 is 11.6 Å². The zero-order chi connectivity index (χ0) is 11.7. The Hall–Kier alpha value is -0.370. The van der Waals surface area contributed by atoms with Gasteiger partial charge in [-0.2, -0.15) is 4.31 Å². The van der Waals surface area contributed by atoms with E-state index in [0.29, 0.717) is 6.42 Å². The van der Waals surface area contributed by atoms with Gasteiger partial charge in [-0.25, -0.2) is 8.42 Å². The number of halogens is 1. The van der Waals surface area contributed by atoms with Crippen molar-refractivity contribution in [2.45, 2.75) is 18.4 Å². The lowest BCUT2D eigenvalue weighted by atomic mass is 9.94. The van der Waals surface area contributed by atoms with Gasteiger partial charge in [0.15, 0.2) is 5.60 Å². The molecule has 0 spiro atoms. The van der Waals surface area contributed by atoms with Crippen LogP contribution in [0.25, 0.3) is 0 Å². The second-order valence-electron chi connectivity index (χ2n) is 3.55. The van der Waals surface area contributed by atoms with Crippen molar-refractivity contribution in [3.8, 4) is 0 Å². The van der Waals surface area contributed by atoms with Crippen molar-refractivity contribution in [1.29, 1.82) is 0 Å². The molecular formula is C7H13ClN2O4S. The Bertz CT molecular complexity index is 358. The lowest BCUT2D eigenvalue weighted by Gasteiger charge is -2.35. The van der Waals surface area contributed by atoms with Crippen molar-refractivity contribution in [2.75, 3.05) is 18.3 Å². The summed E-state index contributed by atoms with van der Waals surface area (Å²) in [4.78, 5) is 11.0. The van der Waals surface area contributed by atoms with Crippen molar-refractivity contribution in [3.63, 3.8) is 0 Å². The SMILES string of the molecule is NC(=O)C1(O)CCCN(S(=O)(=O)CCl)C1. The van der Waals surface area contributed by atoms with E-state index in [2.05, 4.69) is 0 Å². The van der Waals surface area contributed by atoms with E-state index in [1.807, 2.05) is 0 Å². The van der Waals surface area contributed by atoms with Crippen LogP contribution in [0, 0.1) is 0 Å². The third-order valence-corrected chi connectivity index (χ3v) is 4.63. The molecule has 88 valence electrons. The first-order valence-corrected chi connectivity index (χ1v) is 6.52. The summed E-state index contributed by atoms with van der Waals surface area (Å²) in [6, 6.07) is 0. The molecule has 1 atom stereocenters. The molecule has 0 aliphatic carbocycles. The molecule has 15 heavy (non-hydrogen) atoms. The smallest absolute Gasteiger partial charge is 0.250 e. The number of carbonyl (C=O) groups is 1. The fraction of sp³-hybridized carbons (Fsp3) is 0.857. The van der Waals surface area contributed by atoms with Crippen molar-refractivity contribution in [1.82, 2.24) is 4.31 Å². The van der Waals surface area contributed by atoms with Gasteiger partial charge >= 0.3 is 0 Å². The molecule has 0 aromatic heterocycles. The summed E-state index contributed by atoms with van der Waals surface area (Å²) in [6.07, 6.45) is 0.562. The van der Waals surface area contributed by atoms with Gasteiger partial charge in [0, 0.05) is 6.54 Å². The van der Waals surface area contributed by atoms with Crippen LogP contribution in [-0.4, -0.2) is 47.6 Å². The Labute approximate surface area is 93.0 Å². The maximum atomic E-state index is 11.4. The fourth-order valence-electron chi connectivity index (χ4n) is 1.51. The average molecular weight is 257 g/mol. The van der Waals surface area contributed by atoms with E-state index in [4.69, 9.17) is 17.3 Å². The Morgan fingerprint density at radius 1 is 1.60 bits per heavy atom. The molecule has 1 heterocycles. The van der Waals surface area contributed by atoms with E-state index in [1.54, 1.807) is 0 Å². The minimum Gasteiger partial charge on any atom is -0.379 e. The van der Waals surface area contributed by atoms with Crippen LogP contribution in [0.1, 0.15) is 12.8 Å². The highest BCUT2D eigenvalue weighted by molar-refractivity contribution is 7.90. The molecule has 8 heteroatoms. The predicted molar refractivity (Wildman–Crippen MR) is 54.6 cm³/mol. The number of β-amino-alcohol motifs (C(OH)–C–C–N with tert-alkyl or cyclic N) is 1. The quantitative estimate of drug-likeness (QED) is 0.621. The number of hydrogen-bond donors (Lipinski definition) is 2. The predicted octanol–water partition coefficient (Wildman–Crippen LogP) is -1.18. The summed E-state index contributed by atoms with van der Waals surface area (Å²) < 4.78 is 23.8. The van der Waals surface area contributed by atoms with Crippen LogP contribution in [-0.2, 0) is 14.8 Å². The zero-order valence-electron chi connectivity index (χ0n) is 8.02. The van der Waals surface area contributed by atoms with E-state index in [9.17, 15) is 18.3 Å². The van der Waals surface area contributed by atoms with Gasteiger partial charge in [-0.1, -0.05) is 0 Å². The van der Waals surface area contributed by atoms with Gasteiger partial charge in [0.25, 0.3) is 5.91 Å². The van der Waals surface area contributed by atoms with Crippen molar-refractivity contribution in [3.05, 3.63) is 0 Å². The van der Waals surface area contributed by atoms with Crippen LogP contribution in [0.4, 0.5) is 0 Å². The van der Waals surface area contributed by atoms with Crippen molar-refractivity contribution in [2.24, 2.45) is 5.73 Å². The number of hydrogen-bond acceptors (Lipinski definition) is 4. The Balaban J connectivity index is 2.86. The zero-order valence-corrected chi connectivity index (χ0v) is 9.59. The maximum absolute atomic E-state index is 11.4. The summed E-state index contributed by atoms with van der Waals surface area (Å²) in [6.45, 7) is -0.0535. The van der Waals surface area contributed by atoms with Crippen LogP contribution in [0.5, 0.6) is 0 Å². The second kappa shape index (κ2) is 4.25. The van der Waals surface area contributed by atoms with Gasteiger partial charge in [0.2, 0.25) is 10.0 Å². The molecule has 0 radical (unpaired) electrons. The number of nitrogens with zero attached hydrogens (tertiary/aromatic N) is 1. The Morgan fingerprint density at radius 2 is 2.20 bits per heavy atom. The topological polar surface area (TPSA) is 101 Å². The fourth-order valence-corrected chi connectivity index (χ4v) is 2.87. The standard InChI is InChI=1S/C7H13ClN2O4S/c8-5-15(13,14)10-3-1-2-7(12,4-10)6(9)11/h12H,1-5H2,(H2,9,11). The largest absolute Gasteiger partial charge is 0.379 e. The minimum atomic E-state index is -3.59. The van der Waals surface area contributed by atoms with Crippen molar-refractivity contribution < 1.29 is 18.3 Å². The summed E-state index contributed by atoms with van der Waals surface area (Å²) in [5.41, 5.74) is 3.24. The van der Waals surface area contributed by atoms with Crippen LogP contribution in [0.3, 0.4) is 0 Å². The number of aliphatic hydroxyl groups is 1. The summed E-state index contributed by atoms with van der Waals surface area (Å²) in [5, 5.41) is 9.19. The first kappa shape index (κ1) is 12.7. The van der Waals surface area contributed by atoms with E-state index in [-0.39, 0.29) is 19.5 Å². The van der Waals surface area contributed by atoms with Gasteiger partial charge in [0.1, 0.15) is 5.21 Å². The first-order valence-electron chi connectivity index (χ1n) is 4.38. The van der Waals surface area contributed by atoms with Crippen LogP contribution in [0.2, 0.25) is 0 Å². The highest BCUT2D eigenvalue weighted by atomic mass is 35.5. The third-order valence-electron chi connectivity index (χ3n) is 2.43. The molecule has 3 N–H and O–H groups in total. The van der Waals surface area contributed by atoms with Gasteiger partial charge in [-0.15, -0.1) is 11.6 Å². The number of sulfonamides is 1. The minimum absolute atomic E-state index is 0.177. The number of rotatable bonds is 3. The van der Waals surface area contributed by atoms with Crippen LogP contribution in [0.15, 0.2) is 0 Å². The number of primary amides is 1. The molecule has 0 aromatic carbocycles. The van der Waals surface area contributed by atoms with Crippen molar-refractivity contribution >= 4 is 27.5 Å². The van der Waals surface area contributed by atoms with E-state index in [1.165, 1.54) is 0 Å². The molecule has 0 bridgehead atoms. The highest BCUT2D eigenvalue weighted by Gasteiger charge is 2.42. The molecule has 1 aliphatic rings. The number of carbonyl (C=O) groups excluding carboxylic acids is 1. The summed E-state index contributed by atoms with van der Waals surface area (Å²) >= 11 is 5.27. The highest BCUT2D eigenvalue weighted by Crippen LogP contribution is 2.23. The average Bonchev–Trinajstić information content (AvgIpc) is 2.18. The van der Waals surface area contributed by atoms with Crippen LogP contribution < -0.4 is 5.73 Å². The molecule has 0 aromatic rings. The lowest BCUT2D eigenvalue weighted by Crippen LogP contribution is -2.57. The first-order chi connectivity index (χ1) is 6.82. The molecule has 1 aliphatic heterocycles. The van der Waals surface area contributed by atoms with Gasteiger partial charge in [-0.3, -0.25) is 4.79 Å². The Morgan fingerprint density at radius 3 is 2.67 bits per heavy atom. The van der Waals surface area contributed by atoms with Gasteiger partial charge < -0.3 is 10.8 Å². The monoisotopic (exact) mass is 256 g/mol. The number of piperidine rings is 1. The van der Waals surface area contributed by atoms with E-state index >= 15 is 0 Å². The Kier molecular flexibility index (Phi) is 3.59. The van der Waals surface area contributed by atoms with Gasteiger partial charge in [-0.05, 0) is 12.8 Å². The normalized spacial score (nSPS) is 28.9. The second-order valence-corrected chi connectivity index (χ2v) is 6.11. The third kappa shape index (κ3) is 2.60. The molecule has 1 amide bonds. The molecule has 1 saturated heterocycles. The van der Waals surface area contributed by atoms with E-state index < -0.39 is 26.7 Å².